The van der Waals surface area contributed by atoms with Crippen LogP contribution in [0.15, 0.2) is 158 Å². The summed E-state index contributed by atoms with van der Waals surface area (Å²) in [4.78, 5) is 0. The maximum atomic E-state index is 2.36. The fourth-order valence-electron chi connectivity index (χ4n) is 5.27. The van der Waals surface area contributed by atoms with Crippen LogP contribution in [0.3, 0.4) is 0 Å². The van der Waals surface area contributed by atoms with E-state index in [0.717, 1.165) is 0 Å². The number of fused-ring (bicyclic) bond motifs is 1. The lowest BCUT2D eigenvalue weighted by molar-refractivity contribution is -0.00000653. The molecular weight excluding hydrogens is 519 g/mol. The Balaban J connectivity index is 0.00000267. The number of hydrogen-bond donors (Lipinski definition) is 0. The molecule has 0 saturated carbocycles. The molecule has 0 saturated heterocycles. The van der Waals surface area contributed by atoms with Gasteiger partial charge in [-0.3, -0.25) is 0 Å². The van der Waals surface area contributed by atoms with E-state index in [1.54, 1.807) is 0 Å². The van der Waals surface area contributed by atoms with Crippen LogP contribution < -0.4 is 38.2 Å². The SMILES string of the molecule is [Br-].c1ccc([P+](c2ccccc2)(c2ccccc2)c2ccccc2-c2cccc3ccccc23)cc1. The lowest BCUT2D eigenvalue weighted by Crippen LogP contribution is -3.00. The van der Waals surface area contributed by atoms with Gasteiger partial charge in [-0.1, -0.05) is 115 Å². The second kappa shape index (κ2) is 10.6. The normalized spacial score (nSPS) is 11.1. The van der Waals surface area contributed by atoms with Crippen molar-refractivity contribution in [1.82, 2.24) is 0 Å². The van der Waals surface area contributed by atoms with Crippen LogP contribution in [0.2, 0.25) is 0 Å². The summed E-state index contributed by atoms with van der Waals surface area (Å²) in [6.45, 7) is 0. The minimum absolute atomic E-state index is 0. The van der Waals surface area contributed by atoms with Crippen molar-refractivity contribution in [2.45, 2.75) is 0 Å². The van der Waals surface area contributed by atoms with Gasteiger partial charge in [0.1, 0.15) is 28.5 Å². The summed E-state index contributed by atoms with van der Waals surface area (Å²) in [5, 5.41) is 8.04. The Morgan fingerprint density at radius 2 is 0.750 bits per heavy atom. The van der Waals surface area contributed by atoms with Gasteiger partial charge in [-0.15, -0.1) is 0 Å². The Kier molecular flexibility index (Phi) is 7.14. The highest BCUT2D eigenvalue weighted by atomic mass is 79.9. The number of rotatable bonds is 5. The van der Waals surface area contributed by atoms with E-state index in [0.29, 0.717) is 0 Å². The Bertz CT molecular complexity index is 1480. The predicted octanol–water partition coefficient (Wildman–Crippen LogP) is 4.13. The molecule has 0 N–H and O–H groups in total. The van der Waals surface area contributed by atoms with E-state index in [1.165, 1.54) is 43.1 Å². The Hall–Kier alpha value is -3.51. The summed E-state index contributed by atoms with van der Waals surface area (Å²) in [5.74, 6) is 0. The molecule has 2 heteroatoms. The average Bonchev–Trinajstić information content (AvgIpc) is 2.95. The molecule has 6 aromatic rings. The van der Waals surface area contributed by atoms with Crippen molar-refractivity contribution in [3.8, 4) is 11.1 Å². The quantitative estimate of drug-likeness (QED) is 0.286. The van der Waals surface area contributed by atoms with E-state index >= 15 is 0 Å². The predicted molar refractivity (Wildman–Crippen MR) is 154 cm³/mol. The molecule has 0 aromatic heterocycles. The number of benzene rings is 6. The van der Waals surface area contributed by atoms with Gasteiger partial charge in [0.15, 0.2) is 0 Å². The van der Waals surface area contributed by atoms with Crippen molar-refractivity contribution in [1.29, 1.82) is 0 Å². The van der Waals surface area contributed by atoms with Gasteiger partial charge in [0, 0.05) is 5.56 Å². The molecular formula is C34H26BrP. The number of halogens is 1. The lowest BCUT2D eigenvalue weighted by atomic mass is 9.98. The summed E-state index contributed by atoms with van der Waals surface area (Å²) in [5.41, 5.74) is 2.58. The molecule has 0 nitrogen and oxygen atoms in total. The molecule has 0 unspecified atom stereocenters. The second-order valence-corrected chi connectivity index (χ2v) is 12.1. The third-order valence-corrected chi connectivity index (χ3v) is 11.1. The van der Waals surface area contributed by atoms with E-state index in [2.05, 4.69) is 158 Å². The first-order valence-electron chi connectivity index (χ1n) is 12.0. The Labute approximate surface area is 224 Å². The largest absolute Gasteiger partial charge is 1.00 e. The van der Waals surface area contributed by atoms with Gasteiger partial charge in [0.25, 0.3) is 0 Å². The maximum absolute atomic E-state index is 2.36. The van der Waals surface area contributed by atoms with Crippen molar-refractivity contribution < 1.29 is 17.0 Å². The summed E-state index contributed by atoms with van der Waals surface area (Å²) in [6.07, 6.45) is 0. The zero-order valence-electron chi connectivity index (χ0n) is 19.8. The van der Waals surface area contributed by atoms with Gasteiger partial charge >= 0.3 is 0 Å². The van der Waals surface area contributed by atoms with Gasteiger partial charge in [0.05, 0.1) is 0 Å². The molecule has 0 aliphatic rings. The van der Waals surface area contributed by atoms with Crippen LogP contribution in [0.25, 0.3) is 21.9 Å². The van der Waals surface area contributed by atoms with E-state index < -0.39 is 7.26 Å². The number of hydrogen-bond acceptors (Lipinski definition) is 0. The molecule has 0 aliphatic carbocycles. The molecule has 36 heavy (non-hydrogen) atoms. The zero-order chi connectivity index (χ0) is 23.5. The van der Waals surface area contributed by atoms with Gasteiger partial charge in [-0.2, -0.15) is 0 Å². The average molecular weight is 545 g/mol. The Morgan fingerprint density at radius 1 is 0.333 bits per heavy atom. The van der Waals surface area contributed by atoms with Crippen LogP contribution in [0.4, 0.5) is 0 Å². The van der Waals surface area contributed by atoms with Gasteiger partial charge in [-0.05, 0) is 58.8 Å². The van der Waals surface area contributed by atoms with Gasteiger partial charge in [-0.25, -0.2) is 0 Å². The van der Waals surface area contributed by atoms with Crippen LogP contribution in [-0.2, 0) is 0 Å². The molecule has 6 rings (SSSR count). The smallest absolute Gasteiger partial charge is 0.144 e. The zero-order valence-corrected chi connectivity index (χ0v) is 22.3. The molecule has 0 bridgehead atoms. The second-order valence-electron chi connectivity index (χ2n) is 8.72. The highest BCUT2D eigenvalue weighted by molar-refractivity contribution is 8.01. The van der Waals surface area contributed by atoms with Crippen LogP contribution in [0, 0.1) is 0 Å². The van der Waals surface area contributed by atoms with Crippen LogP contribution >= 0.6 is 7.26 Å². The molecule has 0 spiro atoms. The van der Waals surface area contributed by atoms with E-state index in [4.69, 9.17) is 0 Å². The topological polar surface area (TPSA) is 0 Å². The molecule has 0 amide bonds. The molecule has 0 aliphatic heterocycles. The van der Waals surface area contributed by atoms with Crippen molar-refractivity contribution in [3.05, 3.63) is 158 Å². The van der Waals surface area contributed by atoms with Crippen molar-refractivity contribution in [2.24, 2.45) is 0 Å². The first-order valence-corrected chi connectivity index (χ1v) is 13.8. The van der Waals surface area contributed by atoms with Crippen molar-refractivity contribution in [3.63, 3.8) is 0 Å². The van der Waals surface area contributed by atoms with Crippen LogP contribution in [0.1, 0.15) is 0 Å². The highest BCUT2D eigenvalue weighted by Crippen LogP contribution is 2.56. The van der Waals surface area contributed by atoms with E-state index in [1.807, 2.05) is 0 Å². The van der Waals surface area contributed by atoms with Crippen LogP contribution in [-0.4, -0.2) is 0 Å². The van der Waals surface area contributed by atoms with E-state index in [9.17, 15) is 0 Å². The van der Waals surface area contributed by atoms with Crippen LogP contribution in [0.5, 0.6) is 0 Å². The summed E-state index contributed by atoms with van der Waals surface area (Å²) in [7, 11) is -2.19. The molecule has 0 fully saturated rings. The molecule has 0 heterocycles. The Morgan fingerprint density at radius 3 is 1.33 bits per heavy atom. The molecule has 0 atom stereocenters. The van der Waals surface area contributed by atoms with Crippen molar-refractivity contribution >= 4 is 39.3 Å². The lowest BCUT2D eigenvalue weighted by Gasteiger charge is -2.29. The minimum atomic E-state index is -2.19. The first-order chi connectivity index (χ1) is 17.4. The fourth-order valence-corrected chi connectivity index (χ4v) is 9.73. The third kappa shape index (κ3) is 4.09. The summed E-state index contributed by atoms with van der Waals surface area (Å²) in [6, 6.07) is 57.7. The van der Waals surface area contributed by atoms with E-state index in [-0.39, 0.29) is 17.0 Å². The first kappa shape index (κ1) is 24.2. The van der Waals surface area contributed by atoms with Gasteiger partial charge in [0.2, 0.25) is 0 Å². The molecule has 6 aromatic carbocycles. The summed E-state index contributed by atoms with van der Waals surface area (Å²) < 4.78 is 0. The van der Waals surface area contributed by atoms with Gasteiger partial charge < -0.3 is 17.0 Å². The standard InChI is InChI=1S/C34H26P.BrH/c1-4-17-28(18-5-1)35(29-19-6-2-7-20-29,30-21-8-3-9-22-30)34-26-13-12-24-33(34)32-25-14-16-27-15-10-11-23-31(27)32;/h1-26H;1H/q+1;/p-1. The highest BCUT2D eigenvalue weighted by Gasteiger charge is 2.49. The molecule has 174 valence electrons. The van der Waals surface area contributed by atoms with Crippen molar-refractivity contribution in [2.75, 3.05) is 0 Å². The minimum Gasteiger partial charge on any atom is -1.00 e. The summed E-state index contributed by atoms with van der Waals surface area (Å²) >= 11 is 0. The third-order valence-electron chi connectivity index (χ3n) is 6.78. The monoisotopic (exact) mass is 544 g/mol. The fraction of sp³-hybridized carbons (Fsp3) is 0. The maximum Gasteiger partial charge on any atom is 0.144 e. The molecule has 0 radical (unpaired) electrons.